The van der Waals surface area contributed by atoms with E-state index >= 15 is 0 Å². The fourth-order valence-electron chi connectivity index (χ4n) is 3.06. The Morgan fingerprint density at radius 3 is 2.58 bits per heavy atom. The molecule has 0 saturated heterocycles. The Morgan fingerprint density at radius 1 is 1.00 bits per heavy atom. The van der Waals surface area contributed by atoms with E-state index in [4.69, 9.17) is 14.2 Å². The zero-order valence-corrected chi connectivity index (χ0v) is 18.3. The Labute approximate surface area is 189 Å². The molecule has 0 unspecified atom stereocenters. The number of rotatable bonds is 7. The number of hydrazone groups is 1. The molecule has 0 bridgehead atoms. The number of nitrogens with one attached hydrogen (secondary N) is 1. The molecule has 1 aliphatic heterocycles. The molecule has 0 spiro atoms. The van der Waals surface area contributed by atoms with Crippen molar-refractivity contribution in [2.24, 2.45) is 5.10 Å². The van der Waals surface area contributed by atoms with Gasteiger partial charge in [0.25, 0.3) is 0 Å². The standard InChI is InChI=1S/C24H21BrN2O4/c25-20-8-5-17(6-9-20)16-31-21-4-2-1-3-19(21)15-26-27-24(28)14-18-7-10-22-23(13-18)30-12-11-29-22/h1-10,13,15H,11-12,14,16H2,(H,27,28)/b26-15-. The van der Waals surface area contributed by atoms with Crippen LogP contribution in [-0.2, 0) is 17.8 Å². The average Bonchev–Trinajstić information content (AvgIpc) is 2.79. The largest absolute Gasteiger partial charge is 0.488 e. The van der Waals surface area contributed by atoms with Gasteiger partial charge in [0.2, 0.25) is 5.91 Å². The van der Waals surface area contributed by atoms with E-state index in [1.165, 1.54) is 0 Å². The number of carbonyl (C=O) groups excluding carboxylic acids is 1. The minimum atomic E-state index is -0.221. The van der Waals surface area contributed by atoms with E-state index in [0.717, 1.165) is 21.2 Å². The lowest BCUT2D eigenvalue weighted by Crippen LogP contribution is -2.20. The topological polar surface area (TPSA) is 69.2 Å². The lowest BCUT2D eigenvalue weighted by Gasteiger charge is -2.18. The average molecular weight is 481 g/mol. The normalized spacial score (nSPS) is 12.5. The molecule has 1 N–H and O–H groups in total. The van der Waals surface area contributed by atoms with Crippen LogP contribution in [0, 0.1) is 0 Å². The van der Waals surface area contributed by atoms with Crippen LogP contribution in [0.15, 0.2) is 76.3 Å². The number of benzene rings is 3. The van der Waals surface area contributed by atoms with Crippen LogP contribution >= 0.6 is 15.9 Å². The molecule has 0 saturated carbocycles. The van der Waals surface area contributed by atoms with Crippen LogP contribution in [-0.4, -0.2) is 25.3 Å². The van der Waals surface area contributed by atoms with E-state index in [9.17, 15) is 4.79 Å². The second kappa shape index (κ2) is 10.1. The lowest BCUT2D eigenvalue weighted by molar-refractivity contribution is -0.120. The summed E-state index contributed by atoms with van der Waals surface area (Å²) in [6.07, 6.45) is 1.77. The highest BCUT2D eigenvalue weighted by Gasteiger charge is 2.13. The number of hydrogen-bond donors (Lipinski definition) is 1. The first kappa shape index (κ1) is 20.9. The number of ether oxygens (including phenoxy) is 3. The van der Waals surface area contributed by atoms with E-state index in [2.05, 4.69) is 26.5 Å². The van der Waals surface area contributed by atoms with E-state index < -0.39 is 0 Å². The Hall–Kier alpha value is -3.32. The van der Waals surface area contributed by atoms with Gasteiger partial charge in [0.15, 0.2) is 11.5 Å². The van der Waals surface area contributed by atoms with Crippen molar-refractivity contribution in [3.8, 4) is 17.2 Å². The molecule has 0 radical (unpaired) electrons. The summed E-state index contributed by atoms with van der Waals surface area (Å²) in [7, 11) is 0. The molecule has 0 fully saturated rings. The number of nitrogens with zero attached hydrogens (tertiary/aromatic N) is 1. The quantitative estimate of drug-likeness (QED) is 0.399. The number of amides is 1. The fourth-order valence-corrected chi connectivity index (χ4v) is 3.32. The Kier molecular flexibility index (Phi) is 6.84. The van der Waals surface area contributed by atoms with Gasteiger partial charge in [-0.3, -0.25) is 4.79 Å². The monoisotopic (exact) mass is 480 g/mol. The molecule has 7 heteroatoms. The van der Waals surface area contributed by atoms with Gasteiger partial charge in [0, 0.05) is 10.0 Å². The summed E-state index contributed by atoms with van der Waals surface area (Å²) in [6, 6.07) is 21.0. The van der Waals surface area contributed by atoms with Gasteiger partial charge in [0.05, 0.1) is 12.6 Å². The molecule has 6 nitrogen and oxygen atoms in total. The molecule has 0 aromatic heterocycles. The summed E-state index contributed by atoms with van der Waals surface area (Å²) in [5, 5.41) is 4.09. The molecule has 1 heterocycles. The zero-order chi connectivity index (χ0) is 21.5. The molecule has 4 rings (SSSR count). The fraction of sp³-hybridized carbons (Fsp3) is 0.167. The third-order valence-electron chi connectivity index (χ3n) is 4.59. The maximum Gasteiger partial charge on any atom is 0.244 e. The minimum Gasteiger partial charge on any atom is -0.488 e. The summed E-state index contributed by atoms with van der Waals surface area (Å²) in [5.74, 6) is 1.83. The Balaban J connectivity index is 1.33. The number of para-hydroxylation sites is 1. The van der Waals surface area contributed by atoms with E-state index in [0.29, 0.717) is 37.1 Å². The summed E-state index contributed by atoms with van der Waals surface area (Å²) in [5.41, 5.74) is 5.23. The summed E-state index contributed by atoms with van der Waals surface area (Å²) >= 11 is 3.43. The molecule has 158 valence electrons. The van der Waals surface area contributed by atoms with Crippen molar-refractivity contribution in [2.75, 3.05) is 13.2 Å². The highest BCUT2D eigenvalue weighted by molar-refractivity contribution is 9.10. The predicted octanol–water partition coefficient (Wildman–Crippen LogP) is 4.49. The van der Waals surface area contributed by atoms with Gasteiger partial charge >= 0.3 is 0 Å². The van der Waals surface area contributed by atoms with Crippen LogP contribution in [0.2, 0.25) is 0 Å². The van der Waals surface area contributed by atoms with E-state index in [1.54, 1.807) is 6.21 Å². The third-order valence-corrected chi connectivity index (χ3v) is 5.12. The summed E-state index contributed by atoms with van der Waals surface area (Å²) in [6.45, 7) is 1.49. The van der Waals surface area contributed by atoms with Crippen molar-refractivity contribution in [2.45, 2.75) is 13.0 Å². The van der Waals surface area contributed by atoms with Crippen LogP contribution in [0.25, 0.3) is 0 Å². The van der Waals surface area contributed by atoms with Crippen molar-refractivity contribution < 1.29 is 19.0 Å². The second-order valence-electron chi connectivity index (χ2n) is 6.90. The summed E-state index contributed by atoms with van der Waals surface area (Å²) < 4.78 is 18.0. The molecule has 1 amide bonds. The number of carbonyl (C=O) groups is 1. The summed E-state index contributed by atoms with van der Waals surface area (Å²) in [4.78, 5) is 12.3. The first-order valence-corrected chi connectivity index (χ1v) is 10.6. The predicted molar refractivity (Wildman–Crippen MR) is 122 cm³/mol. The van der Waals surface area contributed by atoms with Crippen molar-refractivity contribution >= 4 is 28.1 Å². The van der Waals surface area contributed by atoms with Gasteiger partial charge in [-0.05, 0) is 47.5 Å². The molecule has 1 aliphatic rings. The molecular formula is C24H21BrN2O4. The van der Waals surface area contributed by atoms with Gasteiger partial charge in [-0.25, -0.2) is 5.43 Å². The minimum absolute atomic E-state index is 0.190. The first-order valence-electron chi connectivity index (χ1n) is 9.84. The van der Waals surface area contributed by atoms with Crippen molar-refractivity contribution in [1.82, 2.24) is 5.43 Å². The number of hydrogen-bond acceptors (Lipinski definition) is 5. The molecule has 31 heavy (non-hydrogen) atoms. The highest BCUT2D eigenvalue weighted by atomic mass is 79.9. The molecule has 3 aromatic carbocycles. The van der Waals surface area contributed by atoms with Crippen LogP contribution in [0.5, 0.6) is 17.2 Å². The zero-order valence-electron chi connectivity index (χ0n) is 16.7. The van der Waals surface area contributed by atoms with E-state index in [1.807, 2.05) is 66.7 Å². The maximum absolute atomic E-state index is 12.3. The third kappa shape index (κ3) is 5.86. The van der Waals surface area contributed by atoms with Crippen LogP contribution in [0.1, 0.15) is 16.7 Å². The lowest BCUT2D eigenvalue weighted by atomic mass is 10.1. The van der Waals surface area contributed by atoms with Crippen molar-refractivity contribution in [1.29, 1.82) is 0 Å². The van der Waals surface area contributed by atoms with Gasteiger partial charge in [-0.2, -0.15) is 5.10 Å². The SMILES string of the molecule is O=C(Cc1ccc2c(c1)OCCO2)N/N=C\c1ccccc1OCc1ccc(Br)cc1. The second-order valence-corrected chi connectivity index (χ2v) is 7.82. The van der Waals surface area contributed by atoms with Crippen LogP contribution in [0.3, 0.4) is 0 Å². The van der Waals surface area contributed by atoms with Gasteiger partial charge < -0.3 is 14.2 Å². The van der Waals surface area contributed by atoms with Crippen LogP contribution in [0.4, 0.5) is 0 Å². The van der Waals surface area contributed by atoms with Gasteiger partial charge in [0.1, 0.15) is 25.6 Å². The Morgan fingerprint density at radius 2 is 1.74 bits per heavy atom. The molecular weight excluding hydrogens is 460 g/mol. The van der Waals surface area contributed by atoms with Crippen molar-refractivity contribution in [3.63, 3.8) is 0 Å². The van der Waals surface area contributed by atoms with E-state index in [-0.39, 0.29) is 12.3 Å². The maximum atomic E-state index is 12.3. The first-order chi connectivity index (χ1) is 15.2. The number of halogens is 1. The van der Waals surface area contributed by atoms with Crippen LogP contribution < -0.4 is 19.6 Å². The van der Waals surface area contributed by atoms with Crippen molar-refractivity contribution in [3.05, 3.63) is 87.9 Å². The molecule has 0 aliphatic carbocycles. The van der Waals surface area contributed by atoms with Gasteiger partial charge in [-0.15, -0.1) is 0 Å². The molecule has 3 aromatic rings. The smallest absolute Gasteiger partial charge is 0.244 e. The Bertz CT molecular complexity index is 1080. The number of fused-ring (bicyclic) bond motifs is 1. The highest BCUT2D eigenvalue weighted by Crippen LogP contribution is 2.30. The molecule has 0 atom stereocenters. The van der Waals surface area contributed by atoms with Gasteiger partial charge in [-0.1, -0.05) is 46.3 Å².